The molecule has 0 aromatic heterocycles. The molecule has 1 aromatic carbocycles. The second-order valence-electron chi connectivity index (χ2n) is 4.66. The first-order valence-electron chi connectivity index (χ1n) is 6.04. The lowest BCUT2D eigenvalue weighted by molar-refractivity contribution is -0.138. The summed E-state index contributed by atoms with van der Waals surface area (Å²) in [4.78, 5) is 10.8. The summed E-state index contributed by atoms with van der Waals surface area (Å²) in [5.41, 5.74) is 1.31. The van der Waals surface area contributed by atoms with Gasteiger partial charge < -0.3 is 5.11 Å². The summed E-state index contributed by atoms with van der Waals surface area (Å²) in [6, 6.07) is 10.4. The van der Waals surface area contributed by atoms with E-state index in [1.807, 2.05) is 18.2 Å². The highest BCUT2D eigenvalue weighted by Gasteiger charge is 2.27. The Kier molecular flexibility index (Phi) is 3.60. The third kappa shape index (κ3) is 2.63. The summed E-state index contributed by atoms with van der Waals surface area (Å²) >= 11 is 0. The molecular formula is C14H18O2. The molecule has 1 N–H and O–H groups in total. The maximum absolute atomic E-state index is 10.8. The highest BCUT2D eigenvalue weighted by Crippen LogP contribution is 2.39. The van der Waals surface area contributed by atoms with E-state index in [1.165, 1.54) is 18.4 Å². The minimum atomic E-state index is -0.659. The molecule has 0 radical (unpaired) electrons. The summed E-state index contributed by atoms with van der Waals surface area (Å²) in [5, 5.41) is 8.93. The Morgan fingerprint density at radius 2 is 1.88 bits per heavy atom. The van der Waals surface area contributed by atoms with Gasteiger partial charge in [-0.25, -0.2) is 0 Å². The molecule has 1 fully saturated rings. The smallest absolute Gasteiger partial charge is 0.303 e. The number of benzene rings is 1. The van der Waals surface area contributed by atoms with Crippen LogP contribution in [0.5, 0.6) is 0 Å². The molecule has 2 nitrogen and oxygen atoms in total. The number of rotatable bonds is 3. The topological polar surface area (TPSA) is 37.3 Å². The van der Waals surface area contributed by atoms with Crippen molar-refractivity contribution < 1.29 is 9.90 Å². The van der Waals surface area contributed by atoms with Gasteiger partial charge in [0.1, 0.15) is 0 Å². The average molecular weight is 218 g/mol. The normalized spacial score (nSPS) is 25.2. The van der Waals surface area contributed by atoms with Crippen LogP contribution in [-0.4, -0.2) is 11.1 Å². The van der Waals surface area contributed by atoms with Crippen LogP contribution in [0.2, 0.25) is 0 Å². The first-order valence-corrected chi connectivity index (χ1v) is 6.04. The van der Waals surface area contributed by atoms with Crippen molar-refractivity contribution in [1.82, 2.24) is 0 Å². The van der Waals surface area contributed by atoms with E-state index in [0.717, 1.165) is 12.8 Å². The van der Waals surface area contributed by atoms with Crippen molar-refractivity contribution in [2.75, 3.05) is 0 Å². The number of aliphatic carboxylic acids is 1. The molecule has 0 spiro atoms. The zero-order valence-electron chi connectivity index (χ0n) is 9.43. The minimum Gasteiger partial charge on any atom is -0.481 e. The maximum atomic E-state index is 10.8. The lowest BCUT2D eigenvalue weighted by Gasteiger charge is -2.30. The highest BCUT2D eigenvalue weighted by atomic mass is 16.4. The van der Waals surface area contributed by atoms with Crippen LogP contribution in [0, 0.1) is 5.92 Å². The molecule has 0 heterocycles. The van der Waals surface area contributed by atoms with Crippen molar-refractivity contribution in [3.05, 3.63) is 35.9 Å². The van der Waals surface area contributed by atoms with Crippen LogP contribution in [0.25, 0.3) is 0 Å². The summed E-state index contributed by atoms with van der Waals surface area (Å²) in [6.07, 6.45) is 4.93. The summed E-state index contributed by atoms with van der Waals surface area (Å²) in [5.74, 6) is 0.118. The average Bonchev–Trinajstić information content (AvgIpc) is 2.30. The number of carbonyl (C=O) groups is 1. The molecular weight excluding hydrogens is 200 g/mol. The predicted molar refractivity (Wildman–Crippen MR) is 63.4 cm³/mol. The second kappa shape index (κ2) is 5.15. The van der Waals surface area contributed by atoms with Crippen molar-refractivity contribution in [3.8, 4) is 0 Å². The number of hydrogen-bond acceptors (Lipinski definition) is 1. The van der Waals surface area contributed by atoms with Crippen LogP contribution in [-0.2, 0) is 4.79 Å². The number of carboxylic acid groups (broad SMARTS) is 1. The molecule has 0 saturated heterocycles. The van der Waals surface area contributed by atoms with E-state index in [0.29, 0.717) is 18.3 Å². The Morgan fingerprint density at radius 1 is 1.19 bits per heavy atom. The zero-order chi connectivity index (χ0) is 11.4. The third-order valence-corrected chi connectivity index (χ3v) is 3.57. The van der Waals surface area contributed by atoms with Gasteiger partial charge in [-0.2, -0.15) is 0 Å². The van der Waals surface area contributed by atoms with Crippen LogP contribution < -0.4 is 0 Å². The fourth-order valence-corrected chi connectivity index (χ4v) is 2.82. The van der Waals surface area contributed by atoms with Gasteiger partial charge in [0.2, 0.25) is 0 Å². The van der Waals surface area contributed by atoms with Gasteiger partial charge in [0, 0.05) is 6.42 Å². The van der Waals surface area contributed by atoms with Crippen molar-refractivity contribution in [2.45, 2.75) is 38.0 Å². The molecule has 0 amide bonds. The fourth-order valence-electron chi connectivity index (χ4n) is 2.82. The molecule has 2 heteroatoms. The summed E-state index contributed by atoms with van der Waals surface area (Å²) in [7, 11) is 0. The lowest BCUT2D eigenvalue weighted by atomic mass is 9.74. The molecule has 2 unspecified atom stereocenters. The molecule has 0 bridgehead atoms. The molecule has 2 rings (SSSR count). The quantitative estimate of drug-likeness (QED) is 0.843. The predicted octanol–water partition coefficient (Wildman–Crippen LogP) is 3.44. The van der Waals surface area contributed by atoms with Crippen molar-refractivity contribution in [3.63, 3.8) is 0 Å². The molecule has 2 atom stereocenters. The van der Waals surface area contributed by atoms with Crippen LogP contribution in [0.3, 0.4) is 0 Å². The SMILES string of the molecule is O=C(O)CC1CCCCC1c1ccccc1. The Labute approximate surface area is 96.3 Å². The minimum absolute atomic E-state index is 0.319. The van der Waals surface area contributed by atoms with Gasteiger partial charge in [0.05, 0.1) is 0 Å². The molecule has 86 valence electrons. The Bertz CT molecular complexity index is 345. The van der Waals surface area contributed by atoms with Gasteiger partial charge >= 0.3 is 5.97 Å². The van der Waals surface area contributed by atoms with Gasteiger partial charge in [0.25, 0.3) is 0 Å². The maximum Gasteiger partial charge on any atom is 0.303 e. The van der Waals surface area contributed by atoms with E-state index < -0.39 is 5.97 Å². The molecule has 1 aromatic rings. The van der Waals surface area contributed by atoms with Crippen LogP contribution in [0.15, 0.2) is 30.3 Å². The zero-order valence-corrected chi connectivity index (χ0v) is 9.43. The van der Waals surface area contributed by atoms with Gasteiger partial charge in [-0.05, 0) is 30.2 Å². The molecule has 0 aliphatic heterocycles. The Hall–Kier alpha value is -1.31. The van der Waals surface area contributed by atoms with E-state index in [2.05, 4.69) is 12.1 Å². The molecule has 1 aliphatic carbocycles. The first-order chi connectivity index (χ1) is 7.77. The van der Waals surface area contributed by atoms with Crippen LogP contribution in [0.1, 0.15) is 43.6 Å². The second-order valence-corrected chi connectivity index (χ2v) is 4.66. The standard InChI is InChI=1S/C14H18O2/c15-14(16)10-12-8-4-5-9-13(12)11-6-2-1-3-7-11/h1-3,6-7,12-13H,4-5,8-10H2,(H,15,16). The molecule has 16 heavy (non-hydrogen) atoms. The van der Waals surface area contributed by atoms with Gasteiger partial charge in [-0.15, -0.1) is 0 Å². The van der Waals surface area contributed by atoms with Crippen LogP contribution in [0.4, 0.5) is 0 Å². The van der Waals surface area contributed by atoms with E-state index >= 15 is 0 Å². The van der Waals surface area contributed by atoms with E-state index in [-0.39, 0.29) is 0 Å². The largest absolute Gasteiger partial charge is 0.481 e. The Morgan fingerprint density at radius 3 is 2.56 bits per heavy atom. The first kappa shape index (κ1) is 11.2. The van der Waals surface area contributed by atoms with E-state index in [4.69, 9.17) is 5.11 Å². The molecule has 1 saturated carbocycles. The van der Waals surface area contributed by atoms with Crippen molar-refractivity contribution in [2.24, 2.45) is 5.92 Å². The summed E-state index contributed by atoms with van der Waals surface area (Å²) in [6.45, 7) is 0. The van der Waals surface area contributed by atoms with Crippen molar-refractivity contribution in [1.29, 1.82) is 0 Å². The van der Waals surface area contributed by atoms with Crippen molar-refractivity contribution >= 4 is 5.97 Å². The lowest BCUT2D eigenvalue weighted by Crippen LogP contribution is -2.20. The van der Waals surface area contributed by atoms with Gasteiger partial charge in [-0.3, -0.25) is 4.79 Å². The van der Waals surface area contributed by atoms with Gasteiger partial charge in [-0.1, -0.05) is 43.2 Å². The van der Waals surface area contributed by atoms with Gasteiger partial charge in [0.15, 0.2) is 0 Å². The molecule has 1 aliphatic rings. The highest BCUT2D eigenvalue weighted by molar-refractivity contribution is 5.67. The summed E-state index contributed by atoms with van der Waals surface area (Å²) < 4.78 is 0. The Balaban J connectivity index is 2.13. The number of hydrogen-bond donors (Lipinski definition) is 1. The van der Waals surface area contributed by atoms with Crippen LogP contribution >= 0.6 is 0 Å². The third-order valence-electron chi connectivity index (χ3n) is 3.57. The van der Waals surface area contributed by atoms with E-state index in [1.54, 1.807) is 0 Å². The fraction of sp³-hybridized carbons (Fsp3) is 0.500. The monoisotopic (exact) mass is 218 g/mol. The number of carboxylic acids is 1. The van der Waals surface area contributed by atoms with E-state index in [9.17, 15) is 4.79 Å².